The summed E-state index contributed by atoms with van der Waals surface area (Å²) in [6, 6.07) is 8.35. The van der Waals surface area contributed by atoms with Crippen LogP contribution >= 0.6 is 11.8 Å². The van der Waals surface area contributed by atoms with Gasteiger partial charge in [-0.15, -0.1) is 11.8 Å². The van der Waals surface area contributed by atoms with E-state index in [1.54, 1.807) is 11.8 Å². The number of H-pyrrole nitrogens is 1. The molecule has 2 rings (SSSR count). The van der Waals surface area contributed by atoms with E-state index in [4.69, 9.17) is 5.73 Å². The second kappa shape index (κ2) is 5.39. The van der Waals surface area contributed by atoms with E-state index in [-0.39, 0.29) is 11.5 Å². The van der Waals surface area contributed by atoms with E-state index in [1.165, 1.54) is 4.90 Å². The van der Waals surface area contributed by atoms with Crippen LogP contribution in [0.15, 0.2) is 35.4 Å². The van der Waals surface area contributed by atoms with Gasteiger partial charge in [0, 0.05) is 4.90 Å². The normalized spacial score (nSPS) is 13.5. The van der Waals surface area contributed by atoms with Gasteiger partial charge in [0.1, 0.15) is 5.82 Å². The second-order valence-corrected chi connectivity index (χ2v) is 6.63. The van der Waals surface area contributed by atoms with E-state index in [1.807, 2.05) is 6.20 Å². The van der Waals surface area contributed by atoms with E-state index in [2.05, 4.69) is 61.3 Å². The molecule has 0 bridgehead atoms. The molecule has 0 saturated heterocycles. The number of benzene rings is 1. The van der Waals surface area contributed by atoms with Crippen LogP contribution in [-0.2, 0) is 0 Å². The highest BCUT2D eigenvalue weighted by atomic mass is 32.2. The molecule has 0 aliphatic heterocycles. The lowest BCUT2D eigenvalue weighted by atomic mass is 9.87. The predicted octanol–water partition coefficient (Wildman–Crippen LogP) is 3.84. The third-order valence-electron chi connectivity index (χ3n) is 3.22. The monoisotopic (exact) mass is 275 g/mol. The first kappa shape index (κ1) is 14.2. The van der Waals surface area contributed by atoms with Crippen molar-refractivity contribution in [3.8, 4) is 11.3 Å². The van der Waals surface area contributed by atoms with Crippen molar-refractivity contribution in [2.24, 2.45) is 11.1 Å². The van der Waals surface area contributed by atoms with Gasteiger partial charge in [0.05, 0.1) is 17.9 Å². The van der Waals surface area contributed by atoms with Crippen LogP contribution in [0.3, 0.4) is 0 Å². The average Bonchev–Trinajstić information content (AvgIpc) is 2.86. The third kappa shape index (κ3) is 3.19. The predicted molar refractivity (Wildman–Crippen MR) is 82.2 cm³/mol. The number of imidazole rings is 1. The number of thioether (sulfide) groups is 1. The van der Waals surface area contributed by atoms with Gasteiger partial charge in [0.2, 0.25) is 0 Å². The number of nitrogens with two attached hydrogens (primary N) is 1. The Kier molecular flexibility index (Phi) is 4.02. The Hall–Kier alpha value is -1.26. The Morgan fingerprint density at radius 2 is 1.84 bits per heavy atom. The molecule has 0 fully saturated rings. The minimum Gasteiger partial charge on any atom is -0.341 e. The smallest absolute Gasteiger partial charge is 0.124 e. The quantitative estimate of drug-likeness (QED) is 0.837. The van der Waals surface area contributed by atoms with Crippen LogP contribution in [0.1, 0.15) is 32.6 Å². The van der Waals surface area contributed by atoms with E-state index < -0.39 is 0 Å². The lowest BCUT2D eigenvalue weighted by molar-refractivity contribution is 0.317. The molecule has 1 heterocycles. The summed E-state index contributed by atoms with van der Waals surface area (Å²) >= 11 is 1.74. The lowest BCUT2D eigenvalue weighted by Gasteiger charge is -2.24. The van der Waals surface area contributed by atoms with E-state index >= 15 is 0 Å². The van der Waals surface area contributed by atoms with Crippen LogP contribution in [0.4, 0.5) is 0 Å². The Balaban J connectivity index is 2.25. The van der Waals surface area contributed by atoms with Crippen molar-refractivity contribution < 1.29 is 0 Å². The summed E-state index contributed by atoms with van der Waals surface area (Å²) in [5.41, 5.74) is 8.36. The minimum atomic E-state index is -0.0910. The summed E-state index contributed by atoms with van der Waals surface area (Å²) < 4.78 is 0. The molecule has 0 spiro atoms. The summed E-state index contributed by atoms with van der Waals surface area (Å²) in [5.74, 6) is 0.844. The summed E-state index contributed by atoms with van der Waals surface area (Å²) in [7, 11) is 0. The van der Waals surface area contributed by atoms with Crippen molar-refractivity contribution in [1.29, 1.82) is 0 Å². The fourth-order valence-corrected chi connectivity index (χ4v) is 2.23. The number of hydrogen-bond acceptors (Lipinski definition) is 3. The van der Waals surface area contributed by atoms with Crippen molar-refractivity contribution in [2.75, 3.05) is 6.26 Å². The summed E-state index contributed by atoms with van der Waals surface area (Å²) in [6.07, 6.45) is 3.93. The molecule has 102 valence electrons. The number of rotatable bonds is 3. The van der Waals surface area contributed by atoms with Gasteiger partial charge >= 0.3 is 0 Å². The first-order chi connectivity index (χ1) is 8.91. The Bertz CT molecular complexity index is 537. The van der Waals surface area contributed by atoms with Crippen LogP contribution in [0.5, 0.6) is 0 Å². The maximum atomic E-state index is 6.21. The number of nitrogens with one attached hydrogen (secondary N) is 1. The van der Waals surface area contributed by atoms with Crippen LogP contribution in [0.25, 0.3) is 11.3 Å². The molecule has 19 heavy (non-hydrogen) atoms. The van der Waals surface area contributed by atoms with E-state index in [0.29, 0.717) is 0 Å². The van der Waals surface area contributed by atoms with Gasteiger partial charge in [0.15, 0.2) is 0 Å². The van der Waals surface area contributed by atoms with Crippen LogP contribution in [0, 0.1) is 5.41 Å². The van der Waals surface area contributed by atoms with E-state index in [9.17, 15) is 0 Å². The fraction of sp³-hybridized carbons (Fsp3) is 0.400. The molecular formula is C15H21N3S. The first-order valence-corrected chi connectivity index (χ1v) is 7.59. The summed E-state index contributed by atoms with van der Waals surface area (Å²) in [6.45, 7) is 6.35. The zero-order chi connectivity index (χ0) is 14.0. The van der Waals surface area contributed by atoms with Crippen LogP contribution in [-0.4, -0.2) is 16.2 Å². The Morgan fingerprint density at radius 3 is 2.37 bits per heavy atom. The molecule has 0 aliphatic rings. The fourth-order valence-electron chi connectivity index (χ4n) is 1.82. The molecule has 1 atom stereocenters. The molecule has 0 aliphatic carbocycles. The first-order valence-electron chi connectivity index (χ1n) is 6.36. The highest BCUT2D eigenvalue weighted by Gasteiger charge is 2.24. The largest absolute Gasteiger partial charge is 0.341 e. The third-order valence-corrected chi connectivity index (χ3v) is 3.97. The second-order valence-electron chi connectivity index (χ2n) is 5.75. The van der Waals surface area contributed by atoms with Gasteiger partial charge in [-0.3, -0.25) is 0 Å². The van der Waals surface area contributed by atoms with Crippen molar-refractivity contribution in [3.05, 3.63) is 36.3 Å². The average molecular weight is 275 g/mol. The molecule has 0 unspecified atom stereocenters. The van der Waals surface area contributed by atoms with Crippen LogP contribution < -0.4 is 5.73 Å². The zero-order valence-electron chi connectivity index (χ0n) is 11.9. The molecule has 0 amide bonds. The highest BCUT2D eigenvalue weighted by molar-refractivity contribution is 7.98. The topological polar surface area (TPSA) is 54.7 Å². The van der Waals surface area contributed by atoms with Crippen LogP contribution in [0.2, 0.25) is 0 Å². The molecule has 3 nitrogen and oxygen atoms in total. The number of hydrogen-bond donors (Lipinski definition) is 2. The maximum Gasteiger partial charge on any atom is 0.124 e. The molecule has 3 N–H and O–H groups in total. The molecule has 1 aromatic heterocycles. The van der Waals surface area contributed by atoms with Gasteiger partial charge in [-0.05, 0) is 29.4 Å². The molecular weight excluding hydrogens is 254 g/mol. The molecule has 2 aromatic rings. The highest BCUT2D eigenvalue weighted by Crippen LogP contribution is 2.30. The molecule has 0 saturated carbocycles. The van der Waals surface area contributed by atoms with Gasteiger partial charge in [-0.2, -0.15) is 0 Å². The van der Waals surface area contributed by atoms with Crippen molar-refractivity contribution in [3.63, 3.8) is 0 Å². The minimum absolute atomic E-state index is 0.00215. The molecule has 0 radical (unpaired) electrons. The van der Waals surface area contributed by atoms with Gasteiger partial charge in [-0.1, -0.05) is 32.9 Å². The zero-order valence-corrected chi connectivity index (χ0v) is 12.7. The molecule has 1 aromatic carbocycles. The van der Waals surface area contributed by atoms with Crippen molar-refractivity contribution in [2.45, 2.75) is 31.7 Å². The number of nitrogens with zero attached hydrogens (tertiary/aromatic N) is 1. The standard InChI is InChI=1S/C15H21N3S/c1-15(2,3)13(16)14-17-9-12(18-14)10-5-7-11(19-4)8-6-10/h5-9,13H,16H2,1-4H3,(H,17,18)/t13-/m1/s1. The van der Waals surface area contributed by atoms with Crippen molar-refractivity contribution in [1.82, 2.24) is 9.97 Å². The number of aromatic amines is 1. The SMILES string of the molecule is CSc1ccc(-c2cnc([C@@H](N)C(C)(C)C)[nH]2)cc1. The van der Waals surface area contributed by atoms with E-state index in [0.717, 1.165) is 17.1 Å². The summed E-state index contributed by atoms with van der Waals surface area (Å²) in [5, 5.41) is 0. The summed E-state index contributed by atoms with van der Waals surface area (Å²) in [4.78, 5) is 9.01. The van der Waals surface area contributed by atoms with Gasteiger partial charge < -0.3 is 10.7 Å². The van der Waals surface area contributed by atoms with Gasteiger partial charge in [0.25, 0.3) is 0 Å². The Labute approximate surface area is 119 Å². The molecule has 4 heteroatoms. The number of aromatic nitrogens is 2. The van der Waals surface area contributed by atoms with Crippen molar-refractivity contribution >= 4 is 11.8 Å². The van der Waals surface area contributed by atoms with Gasteiger partial charge in [-0.25, -0.2) is 4.98 Å². The lowest BCUT2D eigenvalue weighted by Crippen LogP contribution is -2.27. The Morgan fingerprint density at radius 1 is 1.21 bits per heavy atom. The maximum absolute atomic E-state index is 6.21.